The van der Waals surface area contributed by atoms with Gasteiger partial charge < -0.3 is 14.0 Å². The number of rotatable bonds is 5. The predicted octanol–water partition coefficient (Wildman–Crippen LogP) is 4.44. The fourth-order valence-corrected chi connectivity index (χ4v) is 4.85. The molecule has 0 unspecified atom stereocenters. The number of fused-ring (bicyclic) bond motifs is 6. The normalized spacial score (nSPS) is 22.1. The molecule has 0 saturated heterocycles. The quantitative estimate of drug-likeness (QED) is 0.561. The molecule has 3 heterocycles. The van der Waals surface area contributed by atoms with E-state index in [0.29, 0.717) is 36.1 Å². The summed E-state index contributed by atoms with van der Waals surface area (Å²) < 4.78 is 13.2. The molecule has 1 aliphatic heterocycles. The van der Waals surface area contributed by atoms with E-state index < -0.39 is 0 Å². The highest BCUT2D eigenvalue weighted by Crippen LogP contribution is 2.58. The lowest BCUT2D eigenvalue weighted by atomic mass is 9.79. The number of ether oxygens (including phenoxy) is 2. The van der Waals surface area contributed by atoms with Gasteiger partial charge in [0.25, 0.3) is 0 Å². The molecule has 1 fully saturated rings. The van der Waals surface area contributed by atoms with Crippen molar-refractivity contribution in [3.8, 4) is 17.1 Å². The molecule has 2 aromatic rings. The molecule has 1 saturated carbocycles. The first kappa shape index (κ1) is 18.5. The zero-order valence-corrected chi connectivity index (χ0v) is 16.8. The number of methoxy groups -OCH3 is 1. The molecule has 2 atom stereocenters. The Morgan fingerprint density at radius 2 is 2.15 bits per heavy atom. The van der Waals surface area contributed by atoms with E-state index in [1.165, 1.54) is 0 Å². The molecule has 144 valence electrons. The zero-order chi connectivity index (χ0) is 19.2. The van der Waals surface area contributed by atoms with Crippen LogP contribution < -0.4 is 10.2 Å². The van der Waals surface area contributed by atoms with Crippen molar-refractivity contribution in [3.63, 3.8) is 0 Å². The van der Waals surface area contributed by atoms with Gasteiger partial charge in [-0.1, -0.05) is 25.4 Å². The Hall–Kier alpha value is -1.85. The van der Waals surface area contributed by atoms with Crippen LogP contribution in [0.2, 0.25) is 5.15 Å². The molecule has 27 heavy (non-hydrogen) atoms. The Bertz CT molecular complexity index is 922. The standard InChI is InChI=1S/C21H25ClN2O3/c1-21(2)7-5-14-15-12-17(27-10-4-9-26-3)20(22)23-18(15)16-11-13(25)6-8-24(16)19(14)21/h6,8,11-12,14,19H,4-5,7,9-10H2,1-3H3/t14-,19+/m1/s1. The lowest BCUT2D eigenvalue weighted by Crippen LogP contribution is -2.31. The second-order valence-corrected chi connectivity index (χ2v) is 8.50. The number of nitrogens with zero attached hydrogens (tertiary/aromatic N) is 2. The molecule has 2 aliphatic rings. The van der Waals surface area contributed by atoms with Crippen LogP contribution in [-0.2, 0) is 4.74 Å². The highest BCUT2D eigenvalue weighted by atomic mass is 35.5. The molecular weight excluding hydrogens is 364 g/mol. The topological polar surface area (TPSA) is 53.4 Å². The van der Waals surface area contributed by atoms with E-state index >= 15 is 0 Å². The molecule has 5 nitrogen and oxygen atoms in total. The number of hydrogen-bond donors (Lipinski definition) is 0. The van der Waals surface area contributed by atoms with E-state index in [0.717, 1.165) is 36.2 Å². The van der Waals surface area contributed by atoms with Crippen LogP contribution in [0.15, 0.2) is 29.2 Å². The highest BCUT2D eigenvalue weighted by Gasteiger charge is 2.47. The summed E-state index contributed by atoms with van der Waals surface area (Å²) in [6, 6.07) is 5.64. The minimum absolute atomic E-state index is 0.0146. The minimum Gasteiger partial charge on any atom is -0.490 e. The summed E-state index contributed by atoms with van der Waals surface area (Å²) >= 11 is 6.42. The summed E-state index contributed by atoms with van der Waals surface area (Å²) in [5, 5.41) is 0.338. The van der Waals surface area contributed by atoms with Crippen molar-refractivity contribution in [1.82, 2.24) is 9.55 Å². The zero-order valence-electron chi connectivity index (χ0n) is 16.0. The largest absolute Gasteiger partial charge is 0.490 e. The molecule has 0 radical (unpaired) electrons. The monoisotopic (exact) mass is 388 g/mol. The molecule has 0 amide bonds. The molecule has 4 rings (SSSR count). The van der Waals surface area contributed by atoms with Gasteiger partial charge >= 0.3 is 0 Å². The van der Waals surface area contributed by atoms with E-state index in [4.69, 9.17) is 21.1 Å². The smallest absolute Gasteiger partial charge is 0.182 e. The summed E-state index contributed by atoms with van der Waals surface area (Å²) in [6.45, 7) is 5.78. The van der Waals surface area contributed by atoms with Crippen molar-refractivity contribution in [1.29, 1.82) is 0 Å². The van der Waals surface area contributed by atoms with Crippen LogP contribution in [-0.4, -0.2) is 29.9 Å². The van der Waals surface area contributed by atoms with Crippen LogP contribution in [0.1, 0.15) is 50.6 Å². The maximum Gasteiger partial charge on any atom is 0.182 e. The minimum atomic E-state index is -0.0146. The van der Waals surface area contributed by atoms with Crippen LogP contribution in [0.5, 0.6) is 5.75 Å². The van der Waals surface area contributed by atoms with Gasteiger partial charge in [0.15, 0.2) is 16.3 Å². The van der Waals surface area contributed by atoms with Gasteiger partial charge in [0.05, 0.1) is 18.0 Å². The Labute approximate surface area is 164 Å². The van der Waals surface area contributed by atoms with Crippen molar-refractivity contribution in [3.05, 3.63) is 45.3 Å². The molecule has 0 spiro atoms. The van der Waals surface area contributed by atoms with E-state index in [9.17, 15) is 4.79 Å². The first-order chi connectivity index (χ1) is 12.9. The first-order valence-corrected chi connectivity index (χ1v) is 9.85. The van der Waals surface area contributed by atoms with Gasteiger partial charge in [-0.2, -0.15) is 0 Å². The van der Waals surface area contributed by atoms with Gasteiger partial charge in [-0.05, 0) is 29.9 Å². The average molecular weight is 389 g/mol. The van der Waals surface area contributed by atoms with Crippen molar-refractivity contribution in [2.24, 2.45) is 5.41 Å². The van der Waals surface area contributed by atoms with Crippen molar-refractivity contribution in [2.45, 2.75) is 45.1 Å². The van der Waals surface area contributed by atoms with Crippen molar-refractivity contribution >= 4 is 11.6 Å². The average Bonchev–Trinajstić information content (AvgIpc) is 2.95. The van der Waals surface area contributed by atoms with Crippen LogP contribution in [0, 0.1) is 5.41 Å². The lowest BCUT2D eigenvalue weighted by molar-refractivity contribution is 0.172. The van der Waals surface area contributed by atoms with Gasteiger partial charge in [0.1, 0.15) is 0 Å². The van der Waals surface area contributed by atoms with E-state index in [-0.39, 0.29) is 10.8 Å². The summed E-state index contributed by atoms with van der Waals surface area (Å²) in [4.78, 5) is 16.7. The Morgan fingerprint density at radius 3 is 2.93 bits per heavy atom. The van der Waals surface area contributed by atoms with Crippen molar-refractivity contribution in [2.75, 3.05) is 20.3 Å². The van der Waals surface area contributed by atoms with Gasteiger partial charge in [0.2, 0.25) is 0 Å². The Kier molecular flexibility index (Phi) is 4.77. The van der Waals surface area contributed by atoms with Crippen LogP contribution in [0.4, 0.5) is 0 Å². The molecule has 6 heteroatoms. The van der Waals surface area contributed by atoms with Crippen molar-refractivity contribution < 1.29 is 9.47 Å². The van der Waals surface area contributed by atoms with Crippen LogP contribution >= 0.6 is 11.6 Å². The summed E-state index contributed by atoms with van der Waals surface area (Å²) in [5.74, 6) is 0.956. The van der Waals surface area contributed by atoms with E-state index in [1.807, 2.05) is 12.3 Å². The van der Waals surface area contributed by atoms with Gasteiger partial charge in [-0.25, -0.2) is 4.98 Å². The van der Waals surface area contributed by atoms with Gasteiger partial charge in [0, 0.05) is 50.4 Å². The summed E-state index contributed by atoms with van der Waals surface area (Å²) in [7, 11) is 1.68. The summed E-state index contributed by atoms with van der Waals surface area (Å²) in [5.41, 5.74) is 2.93. The fraction of sp³-hybridized carbons (Fsp3) is 0.524. The maximum absolute atomic E-state index is 12.0. The van der Waals surface area contributed by atoms with Crippen LogP contribution in [0.25, 0.3) is 11.4 Å². The highest BCUT2D eigenvalue weighted by molar-refractivity contribution is 6.31. The first-order valence-electron chi connectivity index (χ1n) is 9.47. The molecule has 2 aromatic heterocycles. The molecule has 0 N–H and O–H groups in total. The Morgan fingerprint density at radius 1 is 1.33 bits per heavy atom. The number of hydrogen-bond acceptors (Lipinski definition) is 4. The van der Waals surface area contributed by atoms with Gasteiger partial charge in [-0.3, -0.25) is 4.79 Å². The number of pyridine rings is 2. The Balaban J connectivity index is 1.81. The molecular formula is C21H25ClN2O3. The summed E-state index contributed by atoms with van der Waals surface area (Å²) in [6.07, 6.45) is 4.92. The maximum atomic E-state index is 12.0. The third kappa shape index (κ3) is 3.17. The SMILES string of the molecule is COCCCOc1cc2c(nc1Cl)-c1cc(=O)ccn1[C@H]1[C@@H]2CCC1(C)C. The van der Waals surface area contributed by atoms with E-state index in [2.05, 4.69) is 23.4 Å². The third-order valence-electron chi connectivity index (χ3n) is 5.90. The van der Waals surface area contributed by atoms with E-state index in [1.54, 1.807) is 19.2 Å². The second kappa shape index (κ2) is 6.95. The lowest BCUT2D eigenvalue weighted by Gasteiger charge is -2.39. The molecule has 1 aliphatic carbocycles. The molecule has 0 aromatic carbocycles. The predicted molar refractivity (Wildman–Crippen MR) is 106 cm³/mol. The fourth-order valence-electron chi connectivity index (χ4n) is 4.66. The number of aromatic nitrogens is 2. The van der Waals surface area contributed by atoms with Gasteiger partial charge in [-0.15, -0.1) is 0 Å². The third-order valence-corrected chi connectivity index (χ3v) is 6.17. The molecule has 0 bridgehead atoms. The number of halogens is 1. The van der Waals surface area contributed by atoms with Crippen LogP contribution in [0.3, 0.4) is 0 Å². The second-order valence-electron chi connectivity index (χ2n) is 8.14.